The van der Waals surface area contributed by atoms with Crippen molar-refractivity contribution in [3.05, 3.63) is 205 Å². The van der Waals surface area contributed by atoms with Gasteiger partial charge in [0.25, 0.3) is 0 Å². The average Bonchev–Trinajstić information content (AvgIpc) is 3.50. The number of pyridine rings is 3. The maximum absolute atomic E-state index is 2.51. The van der Waals surface area contributed by atoms with Gasteiger partial charge in [-0.1, -0.05) is 84.9 Å². The minimum Gasteiger partial charge on any atom is -0.159 e. The van der Waals surface area contributed by atoms with Crippen LogP contribution in [0.4, 0.5) is 0 Å². The topological polar surface area (TPSA) is 11.6 Å². The summed E-state index contributed by atoms with van der Waals surface area (Å²) in [5.74, 6) is 0. The summed E-state index contributed by atoms with van der Waals surface area (Å²) < 4.78 is 7.38. The summed E-state index contributed by atoms with van der Waals surface area (Å²) in [5, 5.41) is 0. The molecule has 0 amide bonds. The first-order valence-electron chi connectivity index (χ1n) is 17.3. The fourth-order valence-electron chi connectivity index (χ4n) is 8.34. The maximum Gasteiger partial charge on any atom is 0.417 e. The highest BCUT2D eigenvalue weighted by molar-refractivity contribution is 5.77. The molecule has 0 fully saturated rings. The van der Waals surface area contributed by atoms with E-state index in [2.05, 4.69) is 209 Å². The predicted octanol–water partition coefficient (Wildman–Crippen LogP) is 9.11. The molecule has 0 radical (unpaired) electrons. The molecule has 1 spiro atoms. The van der Waals surface area contributed by atoms with Gasteiger partial charge >= 0.3 is 5.66 Å². The van der Waals surface area contributed by atoms with E-state index >= 15 is 0 Å². The van der Waals surface area contributed by atoms with E-state index in [1.54, 1.807) is 0 Å². The van der Waals surface area contributed by atoms with E-state index < -0.39 is 5.66 Å². The molecule has 0 saturated carbocycles. The van der Waals surface area contributed by atoms with Gasteiger partial charge in [0.1, 0.15) is 16.7 Å². The Morgan fingerprint density at radius 3 is 1.60 bits per heavy atom. The van der Waals surface area contributed by atoms with E-state index in [4.69, 9.17) is 0 Å². The van der Waals surface area contributed by atoms with Crippen molar-refractivity contribution in [3.63, 3.8) is 0 Å². The number of fused-ring (bicyclic) bond motifs is 14. The van der Waals surface area contributed by atoms with Crippen LogP contribution in [-0.4, -0.2) is 0 Å². The number of aryl methyl sites for hydroxylation is 1. The lowest BCUT2D eigenvalue weighted by Crippen LogP contribution is -2.73. The molecule has 3 aromatic heterocycles. The van der Waals surface area contributed by atoms with Crippen molar-refractivity contribution in [2.45, 2.75) is 12.6 Å². The van der Waals surface area contributed by atoms with Crippen LogP contribution in [-0.2, 0) is 5.66 Å². The smallest absolute Gasteiger partial charge is 0.159 e. The zero-order valence-electron chi connectivity index (χ0n) is 27.7. The predicted molar refractivity (Wildman–Crippen MR) is 198 cm³/mol. The second-order valence-corrected chi connectivity index (χ2v) is 13.3. The van der Waals surface area contributed by atoms with Crippen molar-refractivity contribution in [1.82, 2.24) is 0 Å². The summed E-state index contributed by atoms with van der Waals surface area (Å²) in [5.41, 5.74) is 16.1. The normalized spacial score (nSPS) is 15.0. The van der Waals surface area contributed by atoms with E-state index in [-0.39, 0.29) is 0 Å². The van der Waals surface area contributed by atoms with Crippen molar-refractivity contribution in [2.75, 3.05) is 0 Å². The van der Waals surface area contributed by atoms with Gasteiger partial charge in [-0.05, 0) is 77.2 Å². The van der Waals surface area contributed by atoms with Crippen LogP contribution in [0.15, 0.2) is 188 Å². The van der Waals surface area contributed by atoms with Crippen molar-refractivity contribution in [1.29, 1.82) is 0 Å². The first-order valence-corrected chi connectivity index (χ1v) is 17.3. The number of benzene rings is 5. The Morgan fingerprint density at radius 2 is 0.920 bits per heavy atom. The SMILES string of the molecule is Cc1ccc2c(c1)-c1cccc[n+]1C1(c3ccccc3-c3cc(-c4ccc(-c5ccccc5)cc4)cc[n+]3-2)c2ccccc2-c2cccc[n+]21. The first kappa shape index (κ1) is 28.6. The highest BCUT2D eigenvalue weighted by atomic mass is 15.3. The van der Waals surface area contributed by atoms with Crippen LogP contribution in [0.3, 0.4) is 0 Å². The first-order chi connectivity index (χ1) is 24.7. The van der Waals surface area contributed by atoms with Gasteiger partial charge in [-0.3, -0.25) is 0 Å². The molecule has 0 aliphatic carbocycles. The third-order valence-electron chi connectivity index (χ3n) is 10.5. The zero-order chi connectivity index (χ0) is 33.2. The molecule has 234 valence electrons. The van der Waals surface area contributed by atoms with Crippen LogP contribution in [0.5, 0.6) is 0 Å². The highest BCUT2D eigenvalue weighted by Gasteiger charge is 2.63. The molecule has 3 heteroatoms. The van der Waals surface area contributed by atoms with Gasteiger partial charge in [0.05, 0.1) is 11.1 Å². The Kier molecular flexibility index (Phi) is 6.31. The van der Waals surface area contributed by atoms with Gasteiger partial charge in [0.2, 0.25) is 22.8 Å². The number of aromatic nitrogens is 3. The number of nitrogens with zero attached hydrogens (tertiary/aromatic N) is 3. The van der Waals surface area contributed by atoms with Crippen molar-refractivity contribution >= 4 is 0 Å². The summed E-state index contributed by atoms with van der Waals surface area (Å²) >= 11 is 0. The van der Waals surface area contributed by atoms with Crippen LogP contribution in [0, 0.1) is 6.92 Å². The Hall–Kier alpha value is -6.45. The summed E-state index contributed by atoms with van der Waals surface area (Å²) in [7, 11) is 0. The highest BCUT2D eigenvalue weighted by Crippen LogP contribution is 2.45. The quantitative estimate of drug-likeness (QED) is 0.167. The molecule has 3 nitrogen and oxygen atoms in total. The van der Waals surface area contributed by atoms with Crippen molar-refractivity contribution < 1.29 is 13.7 Å². The standard InChI is InChI=1S/C47H34N3/c1-33-21-26-43-40(31-33)45-20-10-12-29-50(45)47(41-17-7-5-15-38(41)44-19-9-11-28-49(44)47)42-18-8-6-16-39(42)46-32-37(27-30-48(43)46)36-24-22-35(23-25-36)34-13-3-2-4-14-34/h2-32H,1H3/q+3. The summed E-state index contributed by atoms with van der Waals surface area (Å²) in [6, 6.07) is 62.2. The molecule has 0 saturated heterocycles. The maximum atomic E-state index is 2.51. The second-order valence-electron chi connectivity index (χ2n) is 13.3. The van der Waals surface area contributed by atoms with Crippen LogP contribution >= 0.6 is 0 Å². The summed E-state index contributed by atoms with van der Waals surface area (Å²) in [4.78, 5) is 0. The molecule has 5 aromatic carbocycles. The van der Waals surface area contributed by atoms with Gasteiger partial charge in [-0.15, -0.1) is 9.13 Å². The van der Waals surface area contributed by atoms with Crippen LogP contribution in [0.1, 0.15) is 16.7 Å². The van der Waals surface area contributed by atoms with E-state index in [1.165, 1.54) is 61.3 Å². The molecule has 5 heterocycles. The second kappa shape index (κ2) is 11.0. The van der Waals surface area contributed by atoms with Gasteiger partial charge in [-0.2, -0.15) is 4.57 Å². The Labute approximate surface area is 292 Å². The largest absolute Gasteiger partial charge is 0.417 e. The third kappa shape index (κ3) is 4.07. The van der Waals surface area contributed by atoms with E-state index in [0.29, 0.717) is 0 Å². The molecule has 8 aromatic rings. The fourth-order valence-corrected chi connectivity index (χ4v) is 8.34. The Bertz CT molecular complexity index is 2560. The lowest BCUT2D eigenvalue weighted by Gasteiger charge is -2.23. The minimum atomic E-state index is -0.698. The summed E-state index contributed by atoms with van der Waals surface area (Å²) in [6.45, 7) is 2.19. The van der Waals surface area contributed by atoms with E-state index in [0.717, 1.165) is 17.1 Å². The lowest BCUT2D eigenvalue weighted by molar-refractivity contribution is -0.958. The number of hydrogen-bond donors (Lipinski definition) is 0. The lowest BCUT2D eigenvalue weighted by atomic mass is 9.85. The van der Waals surface area contributed by atoms with Crippen LogP contribution < -0.4 is 13.7 Å². The van der Waals surface area contributed by atoms with Crippen molar-refractivity contribution in [2.24, 2.45) is 0 Å². The van der Waals surface area contributed by atoms with Crippen molar-refractivity contribution in [3.8, 4) is 61.7 Å². The molecule has 2 aliphatic rings. The van der Waals surface area contributed by atoms with Gasteiger partial charge in [0.15, 0.2) is 18.6 Å². The molecule has 1 unspecified atom stereocenters. The average molecular weight is 641 g/mol. The van der Waals surface area contributed by atoms with E-state index in [9.17, 15) is 0 Å². The molecule has 50 heavy (non-hydrogen) atoms. The molecule has 0 N–H and O–H groups in total. The molecule has 10 rings (SSSR count). The molecular weight excluding hydrogens is 607 g/mol. The van der Waals surface area contributed by atoms with Crippen LogP contribution in [0.25, 0.3) is 61.7 Å². The van der Waals surface area contributed by atoms with E-state index in [1.807, 2.05) is 0 Å². The number of hydrogen-bond acceptors (Lipinski definition) is 0. The number of rotatable bonds is 2. The summed E-state index contributed by atoms with van der Waals surface area (Å²) in [6.07, 6.45) is 6.78. The van der Waals surface area contributed by atoms with Gasteiger partial charge in [-0.25, -0.2) is 0 Å². The molecule has 0 bridgehead atoms. The monoisotopic (exact) mass is 640 g/mol. The molecule has 2 aliphatic heterocycles. The molecule has 1 atom stereocenters. The van der Waals surface area contributed by atoms with Gasteiger partial charge < -0.3 is 0 Å². The zero-order valence-corrected chi connectivity index (χ0v) is 27.7. The Balaban J connectivity index is 1.32. The van der Waals surface area contributed by atoms with Crippen LogP contribution in [0.2, 0.25) is 0 Å². The van der Waals surface area contributed by atoms with Gasteiger partial charge in [0, 0.05) is 42.5 Å². The fraction of sp³-hybridized carbons (Fsp3) is 0.0426. The third-order valence-corrected chi connectivity index (χ3v) is 10.5. The Morgan fingerprint density at radius 1 is 0.380 bits per heavy atom. The molecular formula is C47H34N3+3. The minimum absolute atomic E-state index is 0.698.